The van der Waals surface area contributed by atoms with E-state index in [0.717, 1.165) is 34.7 Å². The van der Waals surface area contributed by atoms with E-state index in [0.29, 0.717) is 24.6 Å². The van der Waals surface area contributed by atoms with Crippen molar-refractivity contribution in [3.8, 4) is 0 Å². The summed E-state index contributed by atoms with van der Waals surface area (Å²) < 4.78 is 11.0. The summed E-state index contributed by atoms with van der Waals surface area (Å²) in [5.74, 6) is 0.832. The number of piperidine rings is 1. The van der Waals surface area contributed by atoms with Crippen LogP contribution >= 0.6 is 11.3 Å². The molecule has 0 bridgehead atoms. The van der Waals surface area contributed by atoms with Crippen molar-refractivity contribution < 1.29 is 14.3 Å². The first kappa shape index (κ1) is 20.0. The summed E-state index contributed by atoms with van der Waals surface area (Å²) in [6.07, 6.45) is 4.80. The van der Waals surface area contributed by atoms with Gasteiger partial charge in [-0.1, -0.05) is 0 Å². The second-order valence-corrected chi connectivity index (χ2v) is 7.53. The van der Waals surface area contributed by atoms with Crippen molar-refractivity contribution in [1.82, 2.24) is 15.3 Å². The number of carbonyl (C=O) groups excluding carboxylic acids is 1. The van der Waals surface area contributed by atoms with E-state index in [4.69, 9.17) is 9.47 Å². The number of fused-ring (bicyclic) bond motifs is 1. The fourth-order valence-corrected chi connectivity index (χ4v) is 4.47. The third-order valence-corrected chi connectivity index (χ3v) is 5.90. The predicted molar refractivity (Wildman–Crippen MR) is 108 cm³/mol. The Balaban J connectivity index is 1.80. The fourth-order valence-electron chi connectivity index (χ4n) is 3.41. The molecule has 27 heavy (non-hydrogen) atoms. The first-order valence-electron chi connectivity index (χ1n) is 9.66. The van der Waals surface area contributed by atoms with Gasteiger partial charge in [0, 0.05) is 26.3 Å². The van der Waals surface area contributed by atoms with Crippen molar-refractivity contribution >= 4 is 33.3 Å². The Hall–Kier alpha value is -1.77. The maximum atomic E-state index is 12.8. The molecule has 0 radical (unpaired) electrons. The topological polar surface area (TPSA) is 76.6 Å². The van der Waals surface area contributed by atoms with Crippen LogP contribution in [0.3, 0.4) is 0 Å². The maximum absolute atomic E-state index is 12.8. The zero-order valence-electron chi connectivity index (χ0n) is 16.3. The maximum Gasteiger partial charge on any atom is 0.261 e. The second-order valence-electron chi connectivity index (χ2n) is 6.53. The largest absolute Gasteiger partial charge is 0.356 e. The predicted octanol–water partition coefficient (Wildman–Crippen LogP) is 3.12. The number of hydrogen-bond acceptors (Lipinski definition) is 7. The van der Waals surface area contributed by atoms with E-state index in [1.165, 1.54) is 30.6 Å². The highest BCUT2D eigenvalue weighted by Crippen LogP contribution is 2.35. The lowest BCUT2D eigenvalue weighted by molar-refractivity contribution is -0.131. The van der Waals surface area contributed by atoms with Gasteiger partial charge in [0.15, 0.2) is 6.29 Å². The Morgan fingerprint density at radius 3 is 2.59 bits per heavy atom. The minimum atomic E-state index is -0.428. The van der Waals surface area contributed by atoms with Crippen LogP contribution in [0.25, 0.3) is 10.2 Å². The summed E-state index contributed by atoms with van der Waals surface area (Å²) in [5.41, 5.74) is 0.943. The van der Waals surface area contributed by atoms with E-state index >= 15 is 0 Å². The zero-order chi connectivity index (χ0) is 19.2. The van der Waals surface area contributed by atoms with Gasteiger partial charge in [-0.15, -0.1) is 11.3 Å². The van der Waals surface area contributed by atoms with Crippen LogP contribution < -0.4 is 10.2 Å². The molecule has 0 aromatic carbocycles. The van der Waals surface area contributed by atoms with Gasteiger partial charge in [-0.05, 0) is 45.6 Å². The van der Waals surface area contributed by atoms with Gasteiger partial charge in [0.1, 0.15) is 17.0 Å². The van der Waals surface area contributed by atoms with Gasteiger partial charge < -0.3 is 19.7 Å². The number of carbonyl (C=O) groups is 1. The molecule has 7 nitrogen and oxygen atoms in total. The summed E-state index contributed by atoms with van der Waals surface area (Å²) in [5, 5.41) is 3.93. The summed E-state index contributed by atoms with van der Waals surface area (Å²) >= 11 is 1.42. The molecule has 1 fully saturated rings. The van der Waals surface area contributed by atoms with E-state index in [1.807, 2.05) is 20.8 Å². The van der Waals surface area contributed by atoms with Gasteiger partial charge >= 0.3 is 0 Å². The van der Waals surface area contributed by atoms with Crippen molar-refractivity contribution in [3.63, 3.8) is 0 Å². The number of aryl methyl sites for hydroxylation is 1. The Kier molecular flexibility index (Phi) is 6.98. The first-order valence-corrected chi connectivity index (χ1v) is 10.5. The molecular formula is C19H28N4O3S. The van der Waals surface area contributed by atoms with Crippen LogP contribution in [0.4, 0.5) is 5.82 Å². The highest BCUT2D eigenvalue weighted by atomic mass is 32.1. The lowest BCUT2D eigenvalue weighted by Gasteiger charge is -2.28. The van der Waals surface area contributed by atoms with Crippen LogP contribution in [0.2, 0.25) is 0 Å². The molecular weight excluding hydrogens is 364 g/mol. The van der Waals surface area contributed by atoms with Gasteiger partial charge in [-0.3, -0.25) is 4.79 Å². The van der Waals surface area contributed by atoms with E-state index in [9.17, 15) is 4.79 Å². The quantitative estimate of drug-likeness (QED) is 0.696. The average molecular weight is 393 g/mol. The highest BCUT2D eigenvalue weighted by Gasteiger charge is 2.23. The SMILES string of the molecule is CCOC(CNC(=O)c1sc2ncnc(N3CCCCC3)c2c1C)OCC. The monoisotopic (exact) mass is 392 g/mol. The van der Waals surface area contributed by atoms with Crippen LogP contribution in [0, 0.1) is 6.92 Å². The van der Waals surface area contributed by atoms with Gasteiger partial charge in [-0.2, -0.15) is 0 Å². The minimum Gasteiger partial charge on any atom is -0.356 e. The number of aromatic nitrogens is 2. The van der Waals surface area contributed by atoms with Crippen LogP contribution in [-0.2, 0) is 9.47 Å². The molecule has 148 valence electrons. The normalized spacial score (nSPS) is 14.9. The number of ether oxygens (including phenoxy) is 2. The number of amides is 1. The molecule has 8 heteroatoms. The van der Waals surface area contributed by atoms with Gasteiger partial charge in [0.2, 0.25) is 0 Å². The number of nitrogens with one attached hydrogen (secondary N) is 1. The third-order valence-electron chi connectivity index (χ3n) is 4.70. The Morgan fingerprint density at radius 1 is 1.22 bits per heavy atom. The van der Waals surface area contributed by atoms with E-state index in [2.05, 4.69) is 20.2 Å². The lowest BCUT2D eigenvalue weighted by atomic mass is 10.1. The standard InChI is InChI=1S/C19H28N4O3S/c1-4-25-14(26-5-2)11-20-18(24)16-13(3)15-17(21-12-22-19(15)27-16)23-9-7-6-8-10-23/h12,14H,4-11H2,1-3H3,(H,20,24). The lowest BCUT2D eigenvalue weighted by Crippen LogP contribution is -2.35. The number of rotatable bonds is 8. The van der Waals surface area contributed by atoms with Crippen molar-refractivity contribution in [2.24, 2.45) is 0 Å². The molecule has 0 saturated carbocycles. The van der Waals surface area contributed by atoms with Gasteiger partial charge in [0.25, 0.3) is 5.91 Å². The molecule has 1 saturated heterocycles. The molecule has 0 spiro atoms. The Morgan fingerprint density at radius 2 is 1.93 bits per heavy atom. The highest BCUT2D eigenvalue weighted by molar-refractivity contribution is 7.20. The van der Waals surface area contributed by atoms with E-state index in [1.54, 1.807) is 6.33 Å². The number of thiophene rings is 1. The number of nitrogens with zero attached hydrogens (tertiary/aromatic N) is 3. The molecule has 2 aromatic heterocycles. The van der Waals surface area contributed by atoms with Crippen LogP contribution in [0.1, 0.15) is 48.3 Å². The number of hydrogen-bond donors (Lipinski definition) is 1. The Bertz CT molecular complexity index is 768. The van der Waals surface area contributed by atoms with Crippen molar-refractivity contribution in [2.75, 3.05) is 37.7 Å². The van der Waals surface area contributed by atoms with Crippen molar-refractivity contribution in [3.05, 3.63) is 16.8 Å². The fraction of sp³-hybridized carbons (Fsp3) is 0.632. The van der Waals surface area contributed by atoms with Gasteiger partial charge in [-0.25, -0.2) is 9.97 Å². The van der Waals surface area contributed by atoms with Crippen LogP contribution in [0.15, 0.2) is 6.33 Å². The van der Waals surface area contributed by atoms with Crippen molar-refractivity contribution in [2.45, 2.75) is 46.3 Å². The third kappa shape index (κ3) is 4.56. The van der Waals surface area contributed by atoms with E-state index in [-0.39, 0.29) is 5.91 Å². The molecule has 0 aliphatic carbocycles. The smallest absolute Gasteiger partial charge is 0.261 e. The van der Waals surface area contributed by atoms with Crippen LogP contribution in [-0.4, -0.2) is 55.0 Å². The summed E-state index contributed by atoms with van der Waals surface area (Å²) in [7, 11) is 0. The van der Waals surface area contributed by atoms with Crippen molar-refractivity contribution in [1.29, 1.82) is 0 Å². The van der Waals surface area contributed by atoms with Gasteiger partial charge in [0.05, 0.1) is 16.8 Å². The summed E-state index contributed by atoms with van der Waals surface area (Å²) in [6.45, 7) is 9.21. The molecule has 2 aromatic rings. The average Bonchev–Trinajstić information content (AvgIpc) is 3.04. The summed E-state index contributed by atoms with van der Waals surface area (Å²) in [4.78, 5) is 25.6. The minimum absolute atomic E-state index is 0.121. The molecule has 1 aliphatic rings. The molecule has 1 amide bonds. The zero-order valence-corrected chi connectivity index (χ0v) is 17.1. The summed E-state index contributed by atoms with van der Waals surface area (Å²) in [6, 6.07) is 0. The molecule has 1 N–H and O–H groups in total. The molecule has 1 aliphatic heterocycles. The van der Waals surface area contributed by atoms with Crippen LogP contribution in [0.5, 0.6) is 0 Å². The van der Waals surface area contributed by atoms with E-state index < -0.39 is 6.29 Å². The Labute approximate surface area is 164 Å². The molecule has 3 rings (SSSR count). The second kappa shape index (κ2) is 9.43. The molecule has 0 unspecified atom stereocenters. The first-order chi connectivity index (χ1) is 13.2. The molecule has 3 heterocycles. The molecule has 0 atom stereocenters. The number of anilines is 1.